The van der Waals surface area contributed by atoms with E-state index in [1.807, 2.05) is 12.1 Å². The van der Waals surface area contributed by atoms with Gasteiger partial charge in [-0.1, -0.05) is 23.7 Å². The lowest BCUT2D eigenvalue weighted by atomic mass is 9.97. The number of carbonyl (C=O) groups excluding carboxylic acids is 2. The molecule has 0 radical (unpaired) electrons. The molecule has 6 nitrogen and oxygen atoms in total. The van der Waals surface area contributed by atoms with Crippen molar-refractivity contribution in [2.45, 2.75) is 19.4 Å². The summed E-state index contributed by atoms with van der Waals surface area (Å²) in [4.78, 5) is 25.6. The molecule has 0 saturated carbocycles. The van der Waals surface area contributed by atoms with Crippen LogP contribution in [0.3, 0.4) is 0 Å². The number of hydrogen-bond donors (Lipinski definition) is 3. The maximum atomic E-state index is 12.0. The van der Waals surface area contributed by atoms with Gasteiger partial charge in [-0.3, -0.25) is 4.79 Å². The Hall–Kier alpha value is -1.79. The zero-order valence-electron chi connectivity index (χ0n) is 13.1. The monoisotopic (exact) mass is 338 g/mol. The van der Waals surface area contributed by atoms with E-state index < -0.39 is 0 Å². The van der Waals surface area contributed by atoms with E-state index in [9.17, 15) is 9.59 Å². The second-order valence-corrected chi connectivity index (χ2v) is 6.16. The van der Waals surface area contributed by atoms with Crippen molar-refractivity contribution in [3.05, 3.63) is 34.9 Å². The van der Waals surface area contributed by atoms with Gasteiger partial charge in [0.05, 0.1) is 6.54 Å². The number of halogens is 1. The van der Waals surface area contributed by atoms with Gasteiger partial charge in [0.15, 0.2) is 0 Å². The Balaban J connectivity index is 1.66. The van der Waals surface area contributed by atoms with E-state index in [1.165, 1.54) is 0 Å². The molecular weight excluding hydrogens is 316 g/mol. The average Bonchev–Trinajstić information content (AvgIpc) is 2.59. The molecule has 0 unspecified atom stereocenters. The zero-order chi connectivity index (χ0) is 16.7. The maximum absolute atomic E-state index is 12.0. The number of piperidine rings is 1. The van der Waals surface area contributed by atoms with Gasteiger partial charge >= 0.3 is 6.03 Å². The van der Waals surface area contributed by atoms with Gasteiger partial charge in [0.2, 0.25) is 5.91 Å². The Labute approximate surface area is 141 Å². The van der Waals surface area contributed by atoms with Crippen LogP contribution in [-0.2, 0) is 11.3 Å². The molecule has 0 bridgehead atoms. The lowest BCUT2D eigenvalue weighted by Crippen LogP contribution is -2.46. The Kier molecular flexibility index (Phi) is 6.67. The lowest BCUT2D eigenvalue weighted by Gasteiger charge is -2.31. The van der Waals surface area contributed by atoms with Gasteiger partial charge in [0.1, 0.15) is 0 Å². The quantitative estimate of drug-likeness (QED) is 0.757. The Bertz CT molecular complexity index is 527. The van der Waals surface area contributed by atoms with Gasteiger partial charge in [-0.25, -0.2) is 4.79 Å². The first kappa shape index (κ1) is 17.6. The number of benzene rings is 1. The van der Waals surface area contributed by atoms with Crippen LogP contribution in [-0.4, -0.2) is 43.0 Å². The van der Waals surface area contributed by atoms with Crippen LogP contribution in [0.1, 0.15) is 18.4 Å². The van der Waals surface area contributed by atoms with Crippen molar-refractivity contribution in [3.8, 4) is 0 Å². The summed E-state index contributed by atoms with van der Waals surface area (Å²) in [5.41, 5.74) is 6.58. The predicted octanol–water partition coefficient (Wildman–Crippen LogP) is 1.34. The molecule has 0 spiro atoms. The number of rotatable bonds is 5. The van der Waals surface area contributed by atoms with Crippen molar-refractivity contribution in [1.82, 2.24) is 15.5 Å². The highest BCUT2D eigenvalue weighted by molar-refractivity contribution is 6.30. The molecule has 1 saturated heterocycles. The number of carbonyl (C=O) groups is 2. The number of urea groups is 1. The Morgan fingerprint density at radius 2 is 1.83 bits per heavy atom. The minimum atomic E-state index is -0.356. The summed E-state index contributed by atoms with van der Waals surface area (Å²) in [6.07, 6.45) is 1.87. The van der Waals surface area contributed by atoms with Gasteiger partial charge in [0.25, 0.3) is 0 Å². The molecule has 23 heavy (non-hydrogen) atoms. The highest BCUT2D eigenvalue weighted by atomic mass is 35.5. The third-order valence-electron chi connectivity index (χ3n) is 4.07. The van der Waals surface area contributed by atoms with Crippen LogP contribution >= 0.6 is 11.6 Å². The molecule has 0 aliphatic carbocycles. The number of hydrogen-bond acceptors (Lipinski definition) is 3. The first-order valence-electron chi connectivity index (χ1n) is 7.82. The Morgan fingerprint density at radius 1 is 1.17 bits per heavy atom. The van der Waals surface area contributed by atoms with Gasteiger partial charge in [-0.15, -0.1) is 0 Å². The van der Waals surface area contributed by atoms with Gasteiger partial charge in [-0.05, 0) is 43.0 Å². The lowest BCUT2D eigenvalue weighted by molar-refractivity contribution is -0.131. The van der Waals surface area contributed by atoms with Crippen molar-refractivity contribution in [3.63, 3.8) is 0 Å². The summed E-state index contributed by atoms with van der Waals surface area (Å²) in [6, 6.07) is 6.87. The van der Waals surface area contributed by atoms with Crippen molar-refractivity contribution >= 4 is 23.5 Å². The van der Waals surface area contributed by atoms with E-state index in [1.54, 1.807) is 17.0 Å². The summed E-state index contributed by atoms with van der Waals surface area (Å²) in [7, 11) is 0. The number of likely N-dealkylation sites (tertiary alicyclic amines) is 1. The molecule has 1 aromatic rings. The highest BCUT2D eigenvalue weighted by Gasteiger charge is 2.21. The second-order valence-electron chi connectivity index (χ2n) is 5.72. The molecule has 7 heteroatoms. The standard InChI is InChI=1S/C16H23ClN4O2/c17-14-3-1-13(2-4-14)10-19-16(23)20-11-15(22)21-7-5-12(9-18)6-8-21/h1-4,12H,5-11,18H2,(H2,19,20,23). The van der Waals surface area contributed by atoms with E-state index in [0.29, 0.717) is 24.0 Å². The number of nitrogens with zero attached hydrogens (tertiary/aromatic N) is 1. The predicted molar refractivity (Wildman–Crippen MR) is 90.0 cm³/mol. The smallest absolute Gasteiger partial charge is 0.315 e. The largest absolute Gasteiger partial charge is 0.341 e. The van der Waals surface area contributed by atoms with E-state index in [-0.39, 0.29) is 18.5 Å². The number of nitrogens with one attached hydrogen (secondary N) is 2. The van der Waals surface area contributed by atoms with E-state index in [2.05, 4.69) is 10.6 Å². The maximum Gasteiger partial charge on any atom is 0.315 e. The molecule has 1 aliphatic heterocycles. The molecule has 4 N–H and O–H groups in total. The zero-order valence-corrected chi connectivity index (χ0v) is 13.8. The van der Waals surface area contributed by atoms with Crippen LogP contribution < -0.4 is 16.4 Å². The average molecular weight is 339 g/mol. The number of nitrogens with two attached hydrogens (primary N) is 1. The van der Waals surface area contributed by atoms with Crippen LogP contribution in [0.25, 0.3) is 0 Å². The summed E-state index contributed by atoms with van der Waals surface area (Å²) >= 11 is 5.80. The molecule has 2 rings (SSSR count). The molecule has 1 fully saturated rings. The fourth-order valence-electron chi connectivity index (χ4n) is 2.53. The highest BCUT2D eigenvalue weighted by Crippen LogP contribution is 2.15. The minimum Gasteiger partial charge on any atom is -0.341 e. The molecular formula is C16H23ClN4O2. The SMILES string of the molecule is NCC1CCN(C(=O)CNC(=O)NCc2ccc(Cl)cc2)CC1. The topological polar surface area (TPSA) is 87.5 Å². The second kappa shape index (κ2) is 8.74. The van der Waals surface area contributed by atoms with E-state index in [0.717, 1.165) is 31.5 Å². The summed E-state index contributed by atoms with van der Waals surface area (Å²) < 4.78 is 0. The molecule has 1 aliphatic rings. The summed E-state index contributed by atoms with van der Waals surface area (Å²) in [6.45, 7) is 2.51. The molecule has 1 heterocycles. The third-order valence-corrected chi connectivity index (χ3v) is 4.32. The van der Waals surface area contributed by atoms with Gasteiger partial charge < -0.3 is 21.3 Å². The molecule has 126 valence electrons. The molecule has 3 amide bonds. The van der Waals surface area contributed by atoms with Crippen molar-refractivity contribution in [2.24, 2.45) is 11.7 Å². The molecule has 0 atom stereocenters. The van der Waals surface area contributed by atoms with Crippen molar-refractivity contribution in [2.75, 3.05) is 26.2 Å². The first-order valence-corrected chi connectivity index (χ1v) is 8.20. The number of amides is 3. The van der Waals surface area contributed by atoms with Crippen LogP contribution in [0.5, 0.6) is 0 Å². The van der Waals surface area contributed by atoms with Crippen molar-refractivity contribution in [1.29, 1.82) is 0 Å². The molecule has 0 aromatic heterocycles. The van der Waals surface area contributed by atoms with Gasteiger partial charge in [0, 0.05) is 24.7 Å². The minimum absolute atomic E-state index is 0.0136. The molecule has 1 aromatic carbocycles. The van der Waals surface area contributed by atoms with Crippen molar-refractivity contribution < 1.29 is 9.59 Å². The first-order chi connectivity index (χ1) is 11.1. The normalized spacial score (nSPS) is 15.3. The Morgan fingerprint density at radius 3 is 2.43 bits per heavy atom. The fourth-order valence-corrected chi connectivity index (χ4v) is 2.66. The van der Waals surface area contributed by atoms with Crippen LogP contribution in [0.4, 0.5) is 4.79 Å². The van der Waals surface area contributed by atoms with Crippen LogP contribution in [0, 0.1) is 5.92 Å². The van der Waals surface area contributed by atoms with E-state index >= 15 is 0 Å². The summed E-state index contributed by atoms with van der Waals surface area (Å²) in [5.74, 6) is 0.455. The third kappa shape index (κ3) is 5.73. The van der Waals surface area contributed by atoms with Crippen LogP contribution in [0.15, 0.2) is 24.3 Å². The summed E-state index contributed by atoms with van der Waals surface area (Å²) in [5, 5.41) is 5.96. The fraction of sp³-hybridized carbons (Fsp3) is 0.500. The van der Waals surface area contributed by atoms with Gasteiger partial charge in [-0.2, -0.15) is 0 Å². The van der Waals surface area contributed by atoms with Crippen LogP contribution in [0.2, 0.25) is 5.02 Å². The van der Waals surface area contributed by atoms with E-state index in [4.69, 9.17) is 17.3 Å².